The molecular weight excluding hydrogens is 681 g/mol. The molecule has 3 atom stereocenters. The third-order valence-corrected chi connectivity index (χ3v) is 10.6. The summed E-state index contributed by atoms with van der Waals surface area (Å²) in [4.78, 5) is 33.3. The quantitative estimate of drug-likeness (QED) is 0.223. The zero-order valence-corrected chi connectivity index (χ0v) is 31.0. The van der Waals surface area contributed by atoms with Crippen LogP contribution in [0.5, 0.6) is 0 Å². The number of amides is 2. The van der Waals surface area contributed by atoms with E-state index in [0.717, 1.165) is 41.7 Å². The molecule has 0 saturated carbocycles. The van der Waals surface area contributed by atoms with Crippen LogP contribution < -0.4 is 10.6 Å². The number of thiazole rings is 1. The highest BCUT2D eigenvalue weighted by atomic mass is 35.5. The average Bonchev–Trinajstić information content (AvgIpc) is 3.66. The van der Waals surface area contributed by atoms with Crippen molar-refractivity contribution in [2.75, 3.05) is 32.7 Å². The molecule has 0 aliphatic carbocycles. The first kappa shape index (κ1) is 40.9. The van der Waals surface area contributed by atoms with Crippen molar-refractivity contribution < 1.29 is 23.1 Å². The molecule has 4 rings (SSSR count). The largest absolute Gasteiger partial charge is 0.390 e. The van der Waals surface area contributed by atoms with Crippen LogP contribution in [0.15, 0.2) is 58.9 Å². The van der Waals surface area contributed by atoms with E-state index in [9.17, 15) is 23.1 Å². The van der Waals surface area contributed by atoms with Crippen molar-refractivity contribution in [3.63, 3.8) is 0 Å². The van der Waals surface area contributed by atoms with Crippen molar-refractivity contribution in [2.45, 2.75) is 77.0 Å². The minimum absolute atomic E-state index is 0. The molecule has 2 amide bonds. The van der Waals surface area contributed by atoms with Crippen LogP contribution in [-0.4, -0.2) is 90.4 Å². The van der Waals surface area contributed by atoms with E-state index in [1.807, 2.05) is 65.0 Å². The van der Waals surface area contributed by atoms with Crippen molar-refractivity contribution >= 4 is 68.2 Å². The number of carbonyl (C=O) groups is 2. The van der Waals surface area contributed by atoms with Crippen LogP contribution in [0.4, 0.5) is 0 Å². The summed E-state index contributed by atoms with van der Waals surface area (Å²) in [7, 11) is -3.98. The summed E-state index contributed by atoms with van der Waals surface area (Å²) in [5, 5.41) is 17.6. The molecule has 1 aromatic heterocycles. The number of nitrogens with one attached hydrogen (secondary N) is 2. The SMILES string of the molecule is CC(C)CN(C[C@@H](O)[C@H](Cc1ccccc1)NC(=O)[C@@H](NC(=O)CN1CCCC1)C(C)(C)C)S(=O)(=O)c1ccc2ncsc2c1.Cl.Cl. The second-order valence-electron chi connectivity index (χ2n) is 13.4. The second-order valence-corrected chi connectivity index (χ2v) is 16.2. The van der Waals surface area contributed by atoms with Gasteiger partial charge in [-0.25, -0.2) is 13.4 Å². The number of benzene rings is 2. The van der Waals surface area contributed by atoms with Crippen molar-refractivity contribution in [3.05, 3.63) is 59.6 Å². The van der Waals surface area contributed by atoms with Crippen molar-refractivity contribution in [2.24, 2.45) is 11.3 Å². The number of nitrogens with zero attached hydrogens (tertiary/aromatic N) is 3. The van der Waals surface area contributed by atoms with Gasteiger partial charge in [0.15, 0.2) is 0 Å². The molecule has 0 unspecified atom stereocenters. The van der Waals surface area contributed by atoms with Gasteiger partial charge in [-0.05, 0) is 67.4 Å². The van der Waals surface area contributed by atoms with Gasteiger partial charge in [0.2, 0.25) is 21.8 Å². The summed E-state index contributed by atoms with van der Waals surface area (Å²) in [6.07, 6.45) is 1.14. The maximum Gasteiger partial charge on any atom is 0.243 e. The molecule has 0 bridgehead atoms. The third-order valence-electron chi connectivity index (χ3n) is 7.99. The minimum Gasteiger partial charge on any atom is -0.390 e. The molecular formula is C33H49Cl2N5O5S2. The molecule has 2 heterocycles. The van der Waals surface area contributed by atoms with Gasteiger partial charge in [0.1, 0.15) is 6.04 Å². The number of aliphatic hydroxyl groups excluding tert-OH is 1. The van der Waals surface area contributed by atoms with Gasteiger partial charge < -0.3 is 15.7 Å². The van der Waals surface area contributed by atoms with Gasteiger partial charge >= 0.3 is 0 Å². The molecule has 0 radical (unpaired) electrons. The highest BCUT2D eigenvalue weighted by Gasteiger charge is 2.37. The summed E-state index contributed by atoms with van der Waals surface area (Å²) in [6, 6.07) is 12.6. The Balaban J connectivity index is 0.00000384. The second kappa shape index (κ2) is 17.9. The van der Waals surface area contributed by atoms with E-state index in [-0.39, 0.29) is 67.6 Å². The third kappa shape index (κ3) is 11.4. The average molecular weight is 731 g/mol. The Kier molecular flexibility index (Phi) is 15.6. The Labute approximate surface area is 295 Å². The molecule has 10 nitrogen and oxygen atoms in total. The smallest absolute Gasteiger partial charge is 0.243 e. The van der Waals surface area contributed by atoms with Crippen molar-refractivity contribution in [3.8, 4) is 0 Å². The van der Waals surface area contributed by atoms with Crippen LogP contribution in [0, 0.1) is 11.3 Å². The Morgan fingerprint density at radius 3 is 2.30 bits per heavy atom. The zero-order valence-electron chi connectivity index (χ0n) is 27.7. The molecule has 1 aliphatic heterocycles. The number of likely N-dealkylation sites (tertiary alicyclic amines) is 1. The summed E-state index contributed by atoms with van der Waals surface area (Å²) in [6.45, 7) is 11.4. The Morgan fingerprint density at radius 2 is 1.68 bits per heavy atom. The maximum absolute atomic E-state index is 13.9. The number of carbonyl (C=O) groups excluding carboxylic acids is 2. The fourth-order valence-electron chi connectivity index (χ4n) is 5.60. The first-order chi connectivity index (χ1) is 21.2. The Morgan fingerprint density at radius 1 is 1.02 bits per heavy atom. The summed E-state index contributed by atoms with van der Waals surface area (Å²) in [5.74, 6) is -0.664. The van der Waals surface area contributed by atoms with Crippen LogP contribution in [-0.2, 0) is 26.0 Å². The van der Waals surface area contributed by atoms with Crippen LogP contribution in [0.1, 0.15) is 53.0 Å². The summed E-state index contributed by atoms with van der Waals surface area (Å²) in [5.41, 5.74) is 2.66. The van der Waals surface area contributed by atoms with E-state index < -0.39 is 39.5 Å². The van der Waals surface area contributed by atoms with Crippen LogP contribution in [0.3, 0.4) is 0 Å². The molecule has 14 heteroatoms. The number of aliphatic hydroxyl groups is 1. The lowest BCUT2D eigenvalue weighted by Gasteiger charge is -2.35. The number of hydrogen-bond acceptors (Lipinski definition) is 8. The topological polar surface area (TPSA) is 132 Å². The van der Waals surface area contributed by atoms with Gasteiger partial charge in [0, 0.05) is 13.1 Å². The van der Waals surface area contributed by atoms with Gasteiger partial charge in [-0.1, -0.05) is 65.0 Å². The van der Waals surface area contributed by atoms with Gasteiger partial charge in [-0.2, -0.15) is 4.31 Å². The molecule has 2 aromatic carbocycles. The number of fused-ring (bicyclic) bond motifs is 1. The monoisotopic (exact) mass is 729 g/mol. The number of sulfonamides is 1. The fraction of sp³-hybridized carbons (Fsp3) is 0.545. The highest BCUT2D eigenvalue weighted by molar-refractivity contribution is 7.89. The van der Waals surface area contributed by atoms with Gasteiger partial charge in [-0.15, -0.1) is 36.2 Å². The summed E-state index contributed by atoms with van der Waals surface area (Å²) < 4.78 is 29.9. The molecule has 1 fully saturated rings. The van der Waals surface area contributed by atoms with E-state index >= 15 is 0 Å². The number of rotatable bonds is 14. The van der Waals surface area contributed by atoms with E-state index in [4.69, 9.17) is 0 Å². The van der Waals surface area contributed by atoms with Crippen LogP contribution >= 0.6 is 36.2 Å². The first-order valence-electron chi connectivity index (χ1n) is 15.6. The maximum atomic E-state index is 13.9. The molecule has 0 spiro atoms. The Bertz CT molecular complexity index is 1540. The van der Waals surface area contributed by atoms with Crippen LogP contribution in [0.2, 0.25) is 0 Å². The van der Waals surface area contributed by atoms with E-state index in [1.54, 1.807) is 23.7 Å². The lowest BCUT2D eigenvalue weighted by Crippen LogP contribution is -2.59. The van der Waals surface area contributed by atoms with Crippen LogP contribution in [0.25, 0.3) is 10.2 Å². The van der Waals surface area contributed by atoms with E-state index in [1.165, 1.54) is 15.6 Å². The number of hydrogen-bond donors (Lipinski definition) is 3. The molecule has 3 N–H and O–H groups in total. The molecule has 47 heavy (non-hydrogen) atoms. The van der Waals surface area contributed by atoms with Gasteiger partial charge in [0.05, 0.1) is 39.3 Å². The van der Waals surface area contributed by atoms with Crippen molar-refractivity contribution in [1.29, 1.82) is 0 Å². The number of aromatic nitrogens is 1. The lowest BCUT2D eigenvalue weighted by molar-refractivity contribution is -0.133. The normalized spacial score (nSPS) is 15.9. The summed E-state index contributed by atoms with van der Waals surface area (Å²) >= 11 is 1.36. The van der Waals surface area contributed by atoms with Gasteiger partial charge in [-0.3, -0.25) is 14.5 Å². The molecule has 3 aromatic rings. The number of halogens is 2. The predicted molar refractivity (Wildman–Crippen MR) is 193 cm³/mol. The van der Waals surface area contributed by atoms with E-state index in [2.05, 4.69) is 20.5 Å². The predicted octanol–water partition coefficient (Wildman–Crippen LogP) is 4.50. The zero-order chi connectivity index (χ0) is 32.8. The van der Waals surface area contributed by atoms with Gasteiger partial charge in [0.25, 0.3) is 0 Å². The standard InChI is InChI=1S/C33H47N5O5S2.2ClH/c1-23(2)19-38(45(42,43)25-13-14-26-29(18-25)44-22-34-26)20-28(39)27(17-24-11-7-6-8-12-24)35-32(41)31(33(3,4)5)36-30(40)21-37-15-9-10-16-37;;/h6-8,11-14,18,22-23,27-28,31,39H,9-10,15-17,19-21H2,1-5H3,(H,35,41)(H,36,40);2*1H/t27-,28+,31+;;/m0../s1. The van der Waals surface area contributed by atoms with E-state index in [0.29, 0.717) is 0 Å². The molecule has 262 valence electrons. The Hall–Kier alpha value is -2.32. The minimum atomic E-state index is -3.98. The molecule has 1 saturated heterocycles. The lowest BCUT2D eigenvalue weighted by atomic mass is 9.85. The molecule has 1 aliphatic rings. The highest BCUT2D eigenvalue weighted by Crippen LogP contribution is 2.26. The van der Waals surface area contributed by atoms with Crippen molar-refractivity contribution in [1.82, 2.24) is 24.8 Å². The first-order valence-corrected chi connectivity index (χ1v) is 17.9. The fourth-order valence-corrected chi connectivity index (χ4v) is 8.04.